The quantitative estimate of drug-likeness (QED) is 0.285. The molecule has 0 unspecified atom stereocenters. The first-order chi connectivity index (χ1) is 16.2. The number of benzene rings is 2. The van der Waals surface area contributed by atoms with Crippen molar-refractivity contribution in [1.29, 1.82) is 0 Å². The summed E-state index contributed by atoms with van der Waals surface area (Å²) in [4.78, 5) is 11.4. The van der Waals surface area contributed by atoms with E-state index < -0.39 is 0 Å². The number of hydrogen-bond acceptors (Lipinski definition) is 6. The zero-order chi connectivity index (χ0) is 23.0. The smallest absolute Gasteiger partial charge is 0.187 e. The Kier molecular flexibility index (Phi) is 7.75. The summed E-state index contributed by atoms with van der Waals surface area (Å²) in [6, 6.07) is 14.9. The highest BCUT2D eigenvalue weighted by molar-refractivity contribution is 7.14. The molecule has 7 heteroatoms. The fourth-order valence-electron chi connectivity index (χ4n) is 3.81. The minimum absolute atomic E-state index is 0.903. The number of anilines is 3. The molecule has 0 atom stereocenters. The lowest BCUT2D eigenvalue weighted by Gasteiger charge is -2.19. The normalized spacial score (nSPS) is 11.2. The van der Waals surface area contributed by atoms with Crippen LogP contribution >= 0.6 is 11.3 Å². The Hall–Kier alpha value is -3.16. The summed E-state index contributed by atoms with van der Waals surface area (Å²) in [7, 11) is 0. The molecule has 2 aromatic heterocycles. The van der Waals surface area contributed by atoms with Crippen LogP contribution in [0.25, 0.3) is 16.9 Å². The molecule has 0 aliphatic carbocycles. The largest absolute Gasteiger partial charge is 0.384 e. The molecule has 0 amide bonds. The monoisotopic (exact) mass is 460 g/mol. The van der Waals surface area contributed by atoms with Crippen LogP contribution in [0.1, 0.15) is 26.3 Å². The van der Waals surface area contributed by atoms with Crippen LogP contribution in [0.5, 0.6) is 0 Å². The molecule has 2 aromatic carbocycles. The van der Waals surface area contributed by atoms with Crippen molar-refractivity contribution < 1.29 is 0 Å². The molecule has 4 aromatic rings. The van der Waals surface area contributed by atoms with E-state index >= 15 is 0 Å². The predicted molar refractivity (Wildman–Crippen MR) is 140 cm³/mol. The molecule has 0 aliphatic rings. The second kappa shape index (κ2) is 11.1. The summed E-state index contributed by atoms with van der Waals surface area (Å²) in [5.74, 6) is 0. The van der Waals surface area contributed by atoms with Gasteiger partial charge in [-0.25, -0.2) is 9.97 Å². The van der Waals surface area contributed by atoms with Crippen molar-refractivity contribution in [3.8, 4) is 16.9 Å². The summed E-state index contributed by atoms with van der Waals surface area (Å²) in [6.45, 7) is 10.8. The summed E-state index contributed by atoms with van der Waals surface area (Å²) < 4.78 is 1.99. The van der Waals surface area contributed by atoms with Gasteiger partial charge in [-0.1, -0.05) is 32.9 Å². The number of hydrogen-bond donors (Lipinski definition) is 2. The molecule has 0 radical (unpaired) electrons. The maximum Gasteiger partial charge on any atom is 0.187 e. The molecule has 0 bridgehead atoms. The van der Waals surface area contributed by atoms with Crippen molar-refractivity contribution in [2.24, 2.45) is 0 Å². The molecule has 2 heterocycles. The van der Waals surface area contributed by atoms with Crippen LogP contribution in [0, 0.1) is 0 Å². The zero-order valence-corrected chi connectivity index (χ0v) is 20.4. The van der Waals surface area contributed by atoms with Gasteiger partial charge < -0.3 is 20.1 Å². The maximum atomic E-state index is 4.82. The number of nitrogens with one attached hydrogen (secondary N) is 2. The van der Waals surface area contributed by atoms with Crippen molar-refractivity contribution in [3.63, 3.8) is 0 Å². The fourth-order valence-corrected chi connectivity index (χ4v) is 4.54. The van der Waals surface area contributed by atoms with E-state index in [1.54, 1.807) is 23.9 Å². The van der Waals surface area contributed by atoms with Crippen LogP contribution in [-0.4, -0.2) is 45.6 Å². The van der Waals surface area contributed by atoms with Gasteiger partial charge in [0.1, 0.15) is 0 Å². The Labute approximate surface area is 200 Å². The van der Waals surface area contributed by atoms with Gasteiger partial charge in [-0.2, -0.15) is 0 Å². The first kappa shape index (κ1) is 23.0. The number of rotatable bonds is 11. The molecular formula is C26H32N6S. The van der Waals surface area contributed by atoms with E-state index in [4.69, 9.17) is 4.98 Å². The Balaban J connectivity index is 1.41. The van der Waals surface area contributed by atoms with Crippen LogP contribution < -0.4 is 10.6 Å². The lowest BCUT2D eigenvalue weighted by Crippen LogP contribution is -2.28. The highest BCUT2D eigenvalue weighted by Crippen LogP contribution is 2.30. The van der Waals surface area contributed by atoms with Gasteiger partial charge in [0, 0.05) is 53.5 Å². The lowest BCUT2D eigenvalue weighted by molar-refractivity contribution is 0.316. The molecule has 0 aliphatic heterocycles. The van der Waals surface area contributed by atoms with E-state index in [0.29, 0.717) is 0 Å². The third kappa shape index (κ3) is 5.80. The van der Waals surface area contributed by atoms with E-state index in [0.717, 1.165) is 60.4 Å². The molecule has 0 fully saturated rings. The molecule has 172 valence electrons. The third-order valence-electron chi connectivity index (χ3n) is 5.85. The van der Waals surface area contributed by atoms with E-state index in [1.807, 2.05) is 10.8 Å². The van der Waals surface area contributed by atoms with Crippen LogP contribution in [0.15, 0.2) is 66.6 Å². The summed E-state index contributed by atoms with van der Waals surface area (Å²) in [5.41, 5.74) is 6.73. The lowest BCUT2D eigenvalue weighted by atomic mass is 10.1. The second-order valence-corrected chi connectivity index (χ2v) is 8.72. The predicted octanol–water partition coefficient (Wildman–Crippen LogP) is 6.06. The average molecular weight is 461 g/mol. The molecule has 4 rings (SSSR count). The Morgan fingerprint density at radius 3 is 2.55 bits per heavy atom. The maximum absolute atomic E-state index is 4.82. The van der Waals surface area contributed by atoms with Crippen LogP contribution in [-0.2, 0) is 6.42 Å². The topological polar surface area (TPSA) is 58.0 Å². The van der Waals surface area contributed by atoms with E-state index in [-0.39, 0.29) is 0 Å². The van der Waals surface area contributed by atoms with Crippen molar-refractivity contribution in [2.45, 2.75) is 27.2 Å². The van der Waals surface area contributed by atoms with Gasteiger partial charge in [0.25, 0.3) is 0 Å². The molecule has 0 spiro atoms. The first-order valence-electron chi connectivity index (χ1n) is 11.6. The standard InChI is InChI=1S/C26H32N6S/c1-4-20-17-22(28-14-15-31(5-2)6-3)9-12-24(20)29-26-30-25(18-33-26)21-7-10-23(11-8-21)32-16-13-27-19-32/h7-13,16-19,28H,4-6,14-15H2,1-3H3,(H,29,30). The number of likely N-dealkylation sites (N-methyl/N-ethyl adjacent to an activating group) is 1. The molecule has 6 nitrogen and oxygen atoms in total. The Morgan fingerprint density at radius 2 is 1.85 bits per heavy atom. The highest BCUT2D eigenvalue weighted by Gasteiger charge is 2.09. The van der Waals surface area contributed by atoms with Crippen molar-refractivity contribution in [2.75, 3.05) is 36.8 Å². The number of thiazole rings is 1. The minimum Gasteiger partial charge on any atom is -0.384 e. The van der Waals surface area contributed by atoms with Gasteiger partial charge >= 0.3 is 0 Å². The number of imidazole rings is 1. The zero-order valence-electron chi connectivity index (χ0n) is 19.6. The molecule has 2 N–H and O–H groups in total. The van der Waals surface area contributed by atoms with Crippen LogP contribution in [0.4, 0.5) is 16.5 Å². The van der Waals surface area contributed by atoms with Gasteiger partial charge in [0.15, 0.2) is 5.13 Å². The van der Waals surface area contributed by atoms with Crippen molar-refractivity contribution in [1.82, 2.24) is 19.4 Å². The summed E-state index contributed by atoms with van der Waals surface area (Å²) >= 11 is 1.63. The van der Waals surface area contributed by atoms with Crippen LogP contribution in [0.2, 0.25) is 0 Å². The highest BCUT2D eigenvalue weighted by atomic mass is 32.1. The molecule has 0 saturated carbocycles. The summed E-state index contributed by atoms with van der Waals surface area (Å²) in [6.07, 6.45) is 6.49. The molecular weight excluding hydrogens is 428 g/mol. The Bertz CT molecular complexity index is 1130. The molecule has 33 heavy (non-hydrogen) atoms. The van der Waals surface area contributed by atoms with Gasteiger partial charge in [0.2, 0.25) is 0 Å². The second-order valence-electron chi connectivity index (χ2n) is 7.86. The van der Waals surface area contributed by atoms with E-state index in [2.05, 4.69) is 89.1 Å². The van der Waals surface area contributed by atoms with Gasteiger partial charge in [-0.3, -0.25) is 0 Å². The minimum atomic E-state index is 0.903. The van der Waals surface area contributed by atoms with Gasteiger partial charge in [-0.15, -0.1) is 11.3 Å². The van der Waals surface area contributed by atoms with Gasteiger partial charge in [0.05, 0.1) is 12.0 Å². The van der Waals surface area contributed by atoms with Gasteiger partial charge in [-0.05, 0) is 55.4 Å². The van der Waals surface area contributed by atoms with Crippen molar-refractivity contribution >= 4 is 27.8 Å². The van der Waals surface area contributed by atoms with Crippen LogP contribution in [0.3, 0.4) is 0 Å². The number of nitrogens with zero attached hydrogens (tertiary/aromatic N) is 4. The summed E-state index contributed by atoms with van der Waals surface area (Å²) in [5, 5.41) is 10.1. The fraction of sp³-hybridized carbons (Fsp3) is 0.308. The average Bonchev–Trinajstić information content (AvgIpc) is 3.55. The Morgan fingerprint density at radius 1 is 1.03 bits per heavy atom. The number of aryl methyl sites for hydroxylation is 1. The molecule has 0 saturated heterocycles. The number of aromatic nitrogens is 3. The van der Waals surface area contributed by atoms with E-state index in [9.17, 15) is 0 Å². The SMILES string of the molecule is CCc1cc(NCCN(CC)CC)ccc1Nc1nc(-c2ccc(-n3ccnc3)cc2)cs1. The first-order valence-corrected chi connectivity index (χ1v) is 12.5. The van der Waals surface area contributed by atoms with E-state index in [1.165, 1.54) is 11.3 Å². The van der Waals surface area contributed by atoms with Crippen molar-refractivity contribution in [3.05, 3.63) is 72.1 Å². The third-order valence-corrected chi connectivity index (χ3v) is 6.61.